The molecule has 0 saturated carbocycles. The number of rotatable bonds is 7. The SMILES string of the molecule is COc1ccccc1C(=O)NCC(=O)OCc1nnc(-c2ccc(Cl)cc2)o1. The van der Waals surface area contributed by atoms with E-state index in [9.17, 15) is 9.59 Å². The van der Waals surface area contributed by atoms with Crippen molar-refractivity contribution in [3.05, 3.63) is 65.0 Å². The second-order valence-electron chi connectivity index (χ2n) is 5.55. The Hall–Kier alpha value is -3.39. The number of amides is 1. The van der Waals surface area contributed by atoms with Gasteiger partial charge in [-0.1, -0.05) is 23.7 Å². The molecular weight excluding hydrogens is 386 g/mol. The molecule has 28 heavy (non-hydrogen) atoms. The van der Waals surface area contributed by atoms with Crippen LogP contribution < -0.4 is 10.1 Å². The van der Waals surface area contributed by atoms with Crippen molar-refractivity contribution in [1.29, 1.82) is 0 Å². The Morgan fingerprint density at radius 2 is 1.86 bits per heavy atom. The van der Waals surface area contributed by atoms with E-state index in [1.807, 2.05) is 0 Å². The van der Waals surface area contributed by atoms with E-state index in [4.69, 9.17) is 25.5 Å². The largest absolute Gasteiger partial charge is 0.496 e. The molecule has 0 aliphatic heterocycles. The Morgan fingerprint density at radius 3 is 2.61 bits per heavy atom. The van der Waals surface area contributed by atoms with Crippen molar-refractivity contribution in [2.45, 2.75) is 6.61 Å². The number of hydrogen-bond acceptors (Lipinski definition) is 7. The van der Waals surface area contributed by atoms with Gasteiger partial charge in [0.1, 0.15) is 12.3 Å². The molecule has 0 radical (unpaired) electrons. The molecule has 1 aromatic heterocycles. The van der Waals surface area contributed by atoms with E-state index in [0.29, 0.717) is 21.9 Å². The highest BCUT2D eigenvalue weighted by Crippen LogP contribution is 2.20. The quantitative estimate of drug-likeness (QED) is 0.607. The molecule has 1 amide bonds. The lowest BCUT2D eigenvalue weighted by atomic mass is 10.2. The number of esters is 1. The van der Waals surface area contributed by atoms with Gasteiger partial charge in [0.05, 0.1) is 12.7 Å². The topological polar surface area (TPSA) is 104 Å². The fourth-order valence-electron chi connectivity index (χ4n) is 2.29. The molecule has 1 heterocycles. The summed E-state index contributed by atoms with van der Waals surface area (Å²) in [5, 5.41) is 10.8. The van der Waals surface area contributed by atoms with Crippen LogP contribution in [0.4, 0.5) is 0 Å². The maximum absolute atomic E-state index is 12.1. The molecule has 0 unspecified atom stereocenters. The van der Waals surface area contributed by atoms with Crippen LogP contribution in [-0.4, -0.2) is 35.7 Å². The molecule has 9 heteroatoms. The summed E-state index contributed by atoms with van der Waals surface area (Å²) in [5.41, 5.74) is 1.01. The fourth-order valence-corrected chi connectivity index (χ4v) is 2.42. The van der Waals surface area contributed by atoms with Gasteiger partial charge in [-0.25, -0.2) is 0 Å². The van der Waals surface area contributed by atoms with Gasteiger partial charge in [-0.15, -0.1) is 10.2 Å². The van der Waals surface area contributed by atoms with Gasteiger partial charge in [0.25, 0.3) is 11.8 Å². The van der Waals surface area contributed by atoms with Gasteiger partial charge < -0.3 is 19.2 Å². The minimum absolute atomic E-state index is 0.134. The predicted octanol–water partition coefficient (Wildman–Crippen LogP) is 2.87. The van der Waals surface area contributed by atoms with Crippen LogP contribution in [0.3, 0.4) is 0 Å². The van der Waals surface area contributed by atoms with Crippen LogP contribution in [0, 0.1) is 0 Å². The average Bonchev–Trinajstić information content (AvgIpc) is 3.20. The minimum atomic E-state index is -0.644. The monoisotopic (exact) mass is 401 g/mol. The summed E-state index contributed by atoms with van der Waals surface area (Å²) >= 11 is 5.84. The zero-order chi connectivity index (χ0) is 19.9. The summed E-state index contributed by atoms with van der Waals surface area (Å²) < 4.78 is 15.6. The van der Waals surface area contributed by atoms with Gasteiger partial charge in [-0.05, 0) is 36.4 Å². The molecule has 3 aromatic rings. The molecule has 0 bridgehead atoms. The van der Waals surface area contributed by atoms with Crippen molar-refractivity contribution in [2.75, 3.05) is 13.7 Å². The highest BCUT2D eigenvalue weighted by molar-refractivity contribution is 6.30. The summed E-state index contributed by atoms with van der Waals surface area (Å²) in [4.78, 5) is 24.0. The first-order chi connectivity index (χ1) is 13.6. The molecule has 1 N–H and O–H groups in total. The van der Waals surface area contributed by atoms with Crippen LogP contribution >= 0.6 is 11.6 Å². The molecule has 2 aromatic carbocycles. The van der Waals surface area contributed by atoms with Gasteiger partial charge in [0.2, 0.25) is 5.89 Å². The van der Waals surface area contributed by atoms with Crippen molar-refractivity contribution < 1.29 is 23.5 Å². The third kappa shape index (κ3) is 4.86. The molecule has 0 saturated heterocycles. The van der Waals surface area contributed by atoms with E-state index in [-0.39, 0.29) is 24.9 Å². The molecule has 3 rings (SSSR count). The molecule has 144 valence electrons. The normalized spacial score (nSPS) is 10.4. The Morgan fingerprint density at radius 1 is 1.11 bits per heavy atom. The summed E-state index contributed by atoms with van der Waals surface area (Å²) in [7, 11) is 1.46. The average molecular weight is 402 g/mol. The van der Waals surface area contributed by atoms with E-state index in [1.54, 1.807) is 48.5 Å². The van der Waals surface area contributed by atoms with Crippen LogP contribution in [-0.2, 0) is 16.1 Å². The number of benzene rings is 2. The molecule has 0 atom stereocenters. The van der Waals surface area contributed by atoms with Crippen LogP contribution in [0.25, 0.3) is 11.5 Å². The van der Waals surface area contributed by atoms with Gasteiger partial charge in [0, 0.05) is 10.6 Å². The summed E-state index contributed by atoms with van der Waals surface area (Å²) in [6.45, 7) is -0.515. The Balaban J connectivity index is 1.49. The lowest BCUT2D eigenvalue weighted by Gasteiger charge is -2.08. The molecular formula is C19H16ClN3O5. The number of halogens is 1. The number of methoxy groups -OCH3 is 1. The van der Waals surface area contributed by atoms with E-state index in [1.165, 1.54) is 7.11 Å². The molecule has 0 aliphatic carbocycles. The maximum atomic E-state index is 12.1. The van der Waals surface area contributed by atoms with E-state index in [0.717, 1.165) is 0 Å². The summed E-state index contributed by atoms with van der Waals surface area (Å²) in [6, 6.07) is 13.6. The zero-order valence-electron chi connectivity index (χ0n) is 14.8. The van der Waals surface area contributed by atoms with Crippen LogP contribution in [0.5, 0.6) is 5.75 Å². The van der Waals surface area contributed by atoms with E-state index in [2.05, 4.69) is 15.5 Å². The molecule has 0 aliphatic rings. The van der Waals surface area contributed by atoms with Gasteiger partial charge in [-0.2, -0.15) is 0 Å². The summed E-state index contributed by atoms with van der Waals surface area (Å²) in [5.74, 6) is -0.262. The van der Waals surface area contributed by atoms with Crippen molar-refractivity contribution in [3.8, 4) is 17.2 Å². The lowest BCUT2D eigenvalue weighted by Crippen LogP contribution is -2.30. The highest BCUT2D eigenvalue weighted by atomic mass is 35.5. The fraction of sp³-hybridized carbons (Fsp3) is 0.158. The van der Waals surface area contributed by atoms with Crippen molar-refractivity contribution in [3.63, 3.8) is 0 Å². The van der Waals surface area contributed by atoms with Crippen LogP contribution in [0.2, 0.25) is 5.02 Å². The van der Waals surface area contributed by atoms with Crippen molar-refractivity contribution in [2.24, 2.45) is 0 Å². The number of aromatic nitrogens is 2. The van der Waals surface area contributed by atoms with Gasteiger partial charge >= 0.3 is 5.97 Å². The summed E-state index contributed by atoms with van der Waals surface area (Å²) in [6.07, 6.45) is 0. The Kier molecular flexibility index (Phi) is 6.23. The second kappa shape index (κ2) is 9.01. The lowest BCUT2D eigenvalue weighted by molar-refractivity contribution is -0.144. The van der Waals surface area contributed by atoms with Crippen molar-refractivity contribution in [1.82, 2.24) is 15.5 Å². The predicted molar refractivity (Wildman–Crippen MR) is 99.9 cm³/mol. The van der Waals surface area contributed by atoms with Crippen LogP contribution in [0.15, 0.2) is 52.9 Å². The van der Waals surface area contributed by atoms with Crippen molar-refractivity contribution >= 4 is 23.5 Å². The number of nitrogens with one attached hydrogen (secondary N) is 1. The number of hydrogen-bond donors (Lipinski definition) is 1. The number of nitrogens with zero attached hydrogens (tertiary/aromatic N) is 2. The first kappa shape index (κ1) is 19.4. The van der Waals surface area contributed by atoms with E-state index >= 15 is 0 Å². The second-order valence-corrected chi connectivity index (χ2v) is 5.99. The third-order valence-corrected chi connectivity index (χ3v) is 3.91. The number of para-hydroxylation sites is 1. The molecule has 8 nitrogen and oxygen atoms in total. The smallest absolute Gasteiger partial charge is 0.325 e. The first-order valence-electron chi connectivity index (χ1n) is 8.22. The third-order valence-electron chi connectivity index (χ3n) is 3.66. The first-order valence-corrected chi connectivity index (χ1v) is 8.60. The van der Waals surface area contributed by atoms with Gasteiger partial charge in [0.15, 0.2) is 6.61 Å². The van der Waals surface area contributed by atoms with Gasteiger partial charge in [-0.3, -0.25) is 9.59 Å². The molecule has 0 fully saturated rings. The standard InChI is InChI=1S/C19H16ClN3O5/c1-26-15-5-3-2-4-14(15)18(25)21-10-17(24)27-11-16-22-23-19(28-16)12-6-8-13(20)9-7-12/h2-9H,10-11H2,1H3,(H,21,25). The Bertz CT molecular complexity index is 972. The maximum Gasteiger partial charge on any atom is 0.325 e. The Labute approximate surface area is 165 Å². The highest BCUT2D eigenvalue weighted by Gasteiger charge is 2.14. The number of carbonyl (C=O) groups excluding carboxylic acids is 2. The zero-order valence-corrected chi connectivity index (χ0v) is 15.6. The molecule has 0 spiro atoms. The number of carbonyl (C=O) groups is 2. The van der Waals surface area contributed by atoms with Crippen LogP contribution in [0.1, 0.15) is 16.2 Å². The number of ether oxygens (including phenoxy) is 2. The van der Waals surface area contributed by atoms with E-state index < -0.39 is 11.9 Å². The minimum Gasteiger partial charge on any atom is -0.496 e.